The lowest BCUT2D eigenvalue weighted by Crippen LogP contribution is -2.38. The molecule has 1 aromatic carbocycles. The molecule has 19 heavy (non-hydrogen) atoms. The summed E-state index contributed by atoms with van der Waals surface area (Å²) in [4.78, 5) is 4.54. The number of nitrogens with zero attached hydrogens (tertiary/aromatic N) is 1. The smallest absolute Gasteiger partial charge is 0.183 e. The maximum atomic E-state index is 10.2. The predicted molar refractivity (Wildman–Crippen MR) is 81.5 cm³/mol. The topological polar surface area (TPSA) is 45.1 Å². The SMILES string of the molecule is CC(C)C(C)(O)CNc1nc(-c2ccccc2)cs1. The van der Waals surface area contributed by atoms with Crippen molar-refractivity contribution in [3.05, 3.63) is 35.7 Å². The first kappa shape index (κ1) is 14.0. The molecule has 1 aromatic heterocycles. The molecule has 0 fully saturated rings. The first-order valence-electron chi connectivity index (χ1n) is 6.46. The fourth-order valence-electron chi connectivity index (χ4n) is 1.56. The van der Waals surface area contributed by atoms with Crippen LogP contribution in [0.5, 0.6) is 0 Å². The molecular weight excluding hydrogens is 256 g/mol. The molecule has 1 unspecified atom stereocenters. The summed E-state index contributed by atoms with van der Waals surface area (Å²) >= 11 is 1.56. The number of anilines is 1. The number of aromatic nitrogens is 1. The molecule has 1 heterocycles. The highest BCUT2D eigenvalue weighted by molar-refractivity contribution is 7.14. The van der Waals surface area contributed by atoms with Gasteiger partial charge in [0.2, 0.25) is 0 Å². The third-order valence-electron chi connectivity index (χ3n) is 3.42. The monoisotopic (exact) mass is 276 g/mol. The molecule has 0 aliphatic rings. The van der Waals surface area contributed by atoms with E-state index in [1.54, 1.807) is 11.3 Å². The first-order valence-corrected chi connectivity index (χ1v) is 7.34. The largest absolute Gasteiger partial charge is 0.388 e. The Balaban J connectivity index is 2.03. The Labute approximate surface area is 118 Å². The zero-order valence-corrected chi connectivity index (χ0v) is 12.4. The second-order valence-corrected chi connectivity index (χ2v) is 6.13. The molecule has 0 saturated heterocycles. The summed E-state index contributed by atoms with van der Waals surface area (Å²) in [5, 5.41) is 16.3. The van der Waals surface area contributed by atoms with Crippen LogP contribution in [0.4, 0.5) is 5.13 Å². The van der Waals surface area contributed by atoms with E-state index in [-0.39, 0.29) is 5.92 Å². The van der Waals surface area contributed by atoms with Crippen LogP contribution in [0.15, 0.2) is 35.7 Å². The molecule has 0 spiro atoms. The fraction of sp³-hybridized carbons (Fsp3) is 0.400. The van der Waals surface area contributed by atoms with E-state index in [0.717, 1.165) is 16.4 Å². The first-order chi connectivity index (χ1) is 8.99. The van der Waals surface area contributed by atoms with E-state index in [1.807, 2.05) is 56.5 Å². The van der Waals surface area contributed by atoms with E-state index in [1.165, 1.54) is 0 Å². The van der Waals surface area contributed by atoms with Crippen molar-refractivity contribution < 1.29 is 5.11 Å². The van der Waals surface area contributed by atoms with Crippen molar-refractivity contribution >= 4 is 16.5 Å². The number of hydrogen-bond acceptors (Lipinski definition) is 4. The van der Waals surface area contributed by atoms with Crippen LogP contribution in [-0.2, 0) is 0 Å². The molecule has 0 aliphatic carbocycles. The minimum absolute atomic E-state index is 0.202. The van der Waals surface area contributed by atoms with Crippen molar-refractivity contribution in [3.63, 3.8) is 0 Å². The van der Waals surface area contributed by atoms with Gasteiger partial charge in [-0.1, -0.05) is 44.2 Å². The zero-order valence-electron chi connectivity index (χ0n) is 11.6. The molecular formula is C15H20N2OS. The van der Waals surface area contributed by atoms with E-state index < -0.39 is 5.60 Å². The maximum absolute atomic E-state index is 10.2. The Morgan fingerprint density at radius 1 is 1.32 bits per heavy atom. The normalized spacial score (nSPS) is 14.4. The van der Waals surface area contributed by atoms with Crippen LogP contribution in [0, 0.1) is 5.92 Å². The van der Waals surface area contributed by atoms with Crippen LogP contribution in [0.1, 0.15) is 20.8 Å². The number of hydrogen-bond donors (Lipinski definition) is 2. The Bertz CT molecular complexity index is 520. The summed E-state index contributed by atoms with van der Waals surface area (Å²) in [6.45, 7) is 6.38. The van der Waals surface area contributed by atoms with Crippen LogP contribution in [0.2, 0.25) is 0 Å². The van der Waals surface area contributed by atoms with E-state index in [9.17, 15) is 5.11 Å². The predicted octanol–water partition coefficient (Wildman–Crippen LogP) is 3.63. The quantitative estimate of drug-likeness (QED) is 0.876. The van der Waals surface area contributed by atoms with Crippen molar-refractivity contribution in [3.8, 4) is 11.3 Å². The molecule has 0 bridgehead atoms. The molecule has 0 radical (unpaired) electrons. The van der Waals surface area contributed by atoms with Crippen LogP contribution < -0.4 is 5.32 Å². The molecule has 4 heteroatoms. The second kappa shape index (κ2) is 5.72. The molecule has 2 aromatic rings. The Morgan fingerprint density at radius 2 is 2.00 bits per heavy atom. The molecule has 0 saturated carbocycles. The van der Waals surface area contributed by atoms with Gasteiger partial charge in [0.25, 0.3) is 0 Å². The summed E-state index contributed by atoms with van der Waals surface area (Å²) < 4.78 is 0. The minimum atomic E-state index is -0.724. The lowest BCUT2D eigenvalue weighted by atomic mass is 9.93. The van der Waals surface area contributed by atoms with Gasteiger partial charge in [-0.3, -0.25) is 0 Å². The van der Waals surface area contributed by atoms with E-state index in [2.05, 4.69) is 10.3 Å². The van der Waals surface area contributed by atoms with Crippen LogP contribution in [0.3, 0.4) is 0 Å². The number of thiazole rings is 1. The van der Waals surface area contributed by atoms with Crippen molar-refractivity contribution in [1.82, 2.24) is 4.98 Å². The summed E-state index contributed by atoms with van der Waals surface area (Å²) in [5.74, 6) is 0.202. The second-order valence-electron chi connectivity index (χ2n) is 5.27. The summed E-state index contributed by atoms with van der Waals surface area (Å²) in [7, 11) is 0. The molecule has 2 N–H and O–H groups in total. The average Bonchev–Trinajstić information content (AvgIpc) is 2.86. The van der Waals surface area contributed by atoms with Gasteiger partial charge in [-0.15, -0.1) is 11.3 Å². The summed E-state index contributed by atoms with van der Waals surface area (Å²) in [5.41, 5.74) is 1.36. The van der Waals surface area contributed by atoms with Crippen LogP contribution in [0.25, 0.3) is 11.3 Å². The lowest BCUT2D eigenvalue weighted by molar-refractivity contribution is 0.0266. The van der Waals surface area contributed by atoms with Crippen molar-refractivity contribution in [2.24, 2.45) is 5.92 Å². The van der Waals surface area contributed by atoms with Crippen LogP contribution in [-0.4, -0.2) is 22.2 Å². The standard InChI is InChI=1S/C15H20N2OS/c1-11(2)15(3,18)10-16-14-17-13(9-19-14)12-7-5-4-6-8-12/h4-9,11,18H,10H2,1-3H3,(H,16,17). The minimum Gasteiger partial charge on any atom is -0.388 e. The molecule has 2 rings (SSSR count). The Morgan fingerprint density at radius 3 is 2.63 bits per heavy atom. The van der Waals surface area contributed by atoms with Gasteiger partial charge < -0.3 is 10.4 Å². The lowest BCUT2D eigenvalue weighted by Gasteiger charge is -2.27. The number of rotatable bonds is 5. The number of benzene rings is 1. The van der Waals surface area contributed by atoms with Gasteiger partial charge in [-0.05, 0) is 12.8 Å². The summed E-state index contributed by atoms with van der Waals surface area (Å²) in [6, 6.07) is 10.1. The van der Waals surface area contributed by atoms with E-state index >= 15 is 0 Å². The molecule has 3 nitrogen and oxygen atoms in total. The molecule has 1 atom stereocenters. The third kappa shape index (κ3) is 3.55. The van der Waals surface area contributed by atoms with Crippen molar-refractivity contribution in [2.75, 3.05) is 11.9 Å². The van der Waals surface area contributed by atoms with E-state index in [0.29, 0.717) is 6.54 Å². The molecule has 102 valence electrons. The van der Waals surface area contributed by atoms with E-state index in [4.69, 9.17) is 0 Å². The highest BCUT2D eigenvalue weighted by Crippen LogP contribution is 2.25. The van der Waals surface area contributed by atoms with Gasteiger partial charge >= 0.3 is 0 Å². The highest BCUT2D eigenvalue weighted by Gasteiger charge is 2.24. The van der Waals surface area contributed by atoms with Gasteiger partial charge in [0, 0.05) is 17.5 Å². The molecule has 0 amide bonds. The van der Waals surface area contributed by atoms with Crippen molar-refractivity contribution in [1.29, 1.82) is 0 Å². The van der Waals surface area contributed by atoms with Gasteiger partial charge in [0.1, 0.15) is 0 Å². The zero-order chi connectivity index (χ0) is 13.9. The number of aliphatic hydroxyl groups is 1. The van der Waals surface area contributed by atoms with Gasteiger partial charge in [-0.2, -0.15) is 0 Å². The van der Waals surface area contributed by atoms with Crippen molar-refractivity contribution in [2.45, 2.75) is 26.4 Å². The fourth-order valence-corrected chi connectivity index (χ4v) is 2.27. The average molecular weight is 276 g/mol. The summed E-state index contributed by atoms with van der Waals surface area (Å²) in [6.07, 6.45) is 0. The number of nitrogens with one attached hydrogen (secondary N) is 1. The third-order valence-corrected chi connectivity index (χ3v) is 4.22. The van der Waals surface area contributed by atoms with Gasteiger partial charge in [-0.25, -0.2) is 4.98 Å². The van der Waals surface area contributed by atoms with Crippen LogP contribution >= 0.6 is 11.3 Å². The Hall–Kier alpha value is -1.39. The Kier molecular flexibility index (Phi) is 4.22. The molecule has 0 aliphatic heterocycles. The van der Waals surface area contributed by atoms with Gasteiger partial charge in [0.05, 0.1) is 11.3 Å². The maximum Gasteiger partial charge on any atom is 0.183 e. The van der Waals surface area contributed by atoms with Gasteiger partial charge in [0.15, 0.2) is 5.13 Å². The highest BCUT2D eigenvalue weighted by atomic mass is 32.1.